The van der Waals surface area contributed by atoms with Gasteiger partial charge in [0.05, 0.1) is 0 Å². The SMILES string of the molecule is C=CCC.CC.CC.CC.CCC.CN. The maximum atomic E-state index is 4.50. The van der Waals surface area contributed by atoms with Crippen molar-refractivity contribution in [1.82, 2.24) is 0 Å². The van der Waals surface area contributed by atoms with Gasteiger partial charge in [-0.2, -0.15) is 0 Å². The van der Waals surface area contributed by atoms with Gasteiger partial charge in [0.2, 0.25) is 0 Å². The van der Waals surface area contributed by atoms with Crippen LogP contribution in [0.25, 0.3) is 0 Å². The van der Waals surface area contributed by atoms with Crippen molar-refractivity contribution in [3.05, 3.63) is 12.7 Å². The molecule has 100 valence electrons. The lowest BCUT2D eigenvalue weighted by atomic mass is 10.5. The second-order valence-electron chi connectivity index (χ2n) is 1.40. The lowest BCUT2D eigenvalue weighted by Crippen LogP contribution is -1.69. The topological polar surface area (TPSA) is 26.0 Å². The maximum absolute atomic E-state index is 4.50. The fraction of sp³-hybridized carbons (Fsp3) is 0.857. The van der Waals surface area contributed by atoms with Gasteiger partial charge in [0, 0.05) is 0 Å². The van der Waals surface area contributed by atoms with E-state index in [9.17, 15) is 0 Å². The van der Waals surface area contributed by atoms with Crippen molar-refractivity contribution in [3.63, 3.8) is 0 Å². The van der Waals surface area contributed by atoms with Crippen molar-refractivity contribution in [1.29, 1.82) is 0 Å². The minimum absolute atomic E-state index is 1.08. The number of nitrogens with two attached hydrogens (primary N) is 1. The van der Waals surface area contributed by atoms with E-state index in [-0.39, 0.29) is 0 Å². The zero-order chi connectivity index (χ0) is 14.1. The summed E-state index contributed by atoms with van der Waals surface area (Å²) in [4.78, 5) is 0. The van der Waals surface area contributed by atoms with E-state index >= 15 is 0 Å². The molecule has 0 radical (unpaired) electrons. The summed E-state index contributed by atoms with van der Waals surface area (Å²) in [6, 6.07) is 0. The monoisotopic (exact) mass is 221 g/mol. The van der Waals surface area contributed by atoms with Gasteiger partial charge in [0.25, 0.3) is 0 Å². The van der Waals surface area contributed by atoms with E-state index in [2.05, 4.69) is 33.1 Å². The number of rotatable bonds is 1. The Morgan fingerprint density at radius 2 is 0.867 bits per heavy atom. The fourth-order valence-corrected chi connectivity index (χ4v) is 0. The highest BCUT2D eigenvalue weighted by atomic mass is 14.4. The van der Waals surface area contributed by atoms with Crippen molar-refractivity contribution in [2.24, 2.45) is 5.73 Å². The summed E-state index contributed by atoms with van der Waals surface area (Å²) in [6.45, 7) is 21.8. The van der Waals surface area contributed by atoms with Crippen molar-refractivity contribution >= 4 is 0 Å². The van der Waals surface area contributed by atoms with E-state index in [0.717, 1.165) is 6.42 Å². The fourth-order valence-electron chi connectivity index (χ4n) is 0. The van der Waals surface area contributed by atoms with Crippen LogP contribution in [-0.2, 0) is 0 Å². The van der Waals surface area contributed by atoms with Crippen molar-refractivity contribution in [2.75, 3.05) is 7.05 Å². The lowest BCUT2D eigenvalue weighted by molar-refractivity contribution is 1.09. The Kier molecular flexibility index (Phi) is 737. The first kappa shape index (κ1) is 36.5. The molecule has 2 N–H and O–H groups in total. The lowest BCUT2D eigenvalue weighted by Gasteiger charge is -1.57. The maximum Gasteiger partial charge on any atom is -0.0195 e. The van der Waals surface area contributed by atoms with Crippen LogP contribution < -0.4 is 5.73 Å². The molecule has 0 aliphatic rings. The molecule has 0 atom stereocenters. The molecule has 0 bridgehead atoms. The van der Waals surface area contributed by atoms with E-state index in [1.165, 1.54) is 13.5 Å². The summed E-state index contributed by atoms with van der Waals surface area (Å²) >= 11 is 0. The van der Waals surface area contributed by atoms with Crippen LogP contribution in [0.15, 0.2) is 12.7 Å². The molecule has 0 amide bonds. The number of hydrogen-bond acceptors (Lipinski definition) is 1. The summed E-state index contributed by atoms with van der Waals surface area (Å²) in [5, 5.41) is 0. The van der Waals surface area contributed by atoms with Crippen LogP contribution in [0, 0.1) is 0 Å². The summed E-state index contributed by atoms with van der Waals surface area (Å²) in [6.07, 6.45) is 4.21. The molecule has 0 aliphatic carbocycles. The van der Waals surface area contributed by atoms with Gasteiger partial charge < -0.3 is 5.73 Å². The second kappa shape index (κ2) is 303. The second-order valence-corrected chi connectivity index (χ2v) is 1.40. The van der Waals surface area contributed by atoms with Gasteiger partial charge in [0.1, 0.15) is 0 Å². The highest BCUT2D eigenvalue weighted by Gasteiger charge is 1.45. The molecule has 0 aliphatic heterocycles. The number of hydrogen-bond donors (Lipinski definition) is 1. The minimum atomic E-state index is 1.08. The Morgan fingerprint density at radius 3 is 0.867 bits per heavy atom. The summed E-state index contributed by atoms with van der Waals surface area (Å²) in [5.74, 6) is 0. The third-order valence-electron chi connectivity index (χ3n) is 0.289. The standard InChI is InChI=1S/C4H8.C3H8.3C2H6.CH5N/c1-3-4-2;1-3-2;4*1-2/h3H,1,4H2,2H3;3H2,1-2H3;3*1-2H3;2H2,1H3. The predicted molar refractivity (Wildman–Crippen MR) is 80.6 cm³/mol. The van der Waals surface area contributed by atoms with E-state index in [4.69, 9.17) is 0 Å². The number of allylic oxidation sites excluding steroid dienone is 1. The van der Waals surface area contributed by atoms with Crippen LogP contribution >= 0.6 is 0 Å². The Morgan fingerprint density at radius 1 is 0.800 bits per heavy atom. The Bertz CT molecular complexity index is 26.5. The first-order valence-electron chi connectivity index (χ1n) is 6.52. The minimum Gasteiger partial charge on any atom is -0.333 e. The van der Waals surface area contributed by atoms with Crippen LogP contribution in [0.2, 0.25) is 0 Å². The Balaban J connectivity index is -0.0000000168. The summed E-state index contributed by atoms with van der Waals surface area (Å²) < 4.78 is 0. The van der Waals surface area contributed by atoms with Crippen LogP contribution in [0.5, 0.6) is 0 Å². The summed E-state index contributed by atoms with van der Waals surface area (Å²) in [7, 11) is 1.50. The van der Waals surface area contributed by atoms with E-state index in [1.54, 1.807) is 0 Å². The van der Waals surface area contributed by atoms with Gasteiger partial charge >= 0.3 is 0 Å². The van der Waals surface area contributed by atoms with Crippen LogP contribution in [-0.4, -0.2) is 7.05 Å². The Labute approximate surface area is 101 Å². The normalized spacial score (nSPS) is 4.47. The third-order valence-corrected chi connectivity index (χ3v) is 0.289. The molecular weight excluding hydrogens is 182 g/mol. The largest absolute Gasteiger partial charge is 0.333 e. The Hall–Kier alpha value is -0.300. The average Bonchev–Trinajstić information content (AvgIpc) is 2.39. The highest BCUT2D eigenvalue weighted by molar-refractivity contribution is 4.60. The molecule has 1 nitrogen and oxygen atoms in total. The molecule has 1 heteroatoms. The summed E-state index contributed by atoms with van der Waals surface area (Å²) in [5.41, 5.74) is 4.50. The van der Waals surface area contributed by atoms with Gasteiger partial charge in [-0.1, -0.05) is 74.8 Å². The first-order chi connectivity index (χ1) is 7.33. The molecule has 0 fully saturated rings. The van der Waals surface area contributed by atoms with E-state index in [0.29, 0.717) is 0 Å². The van der Waals surface area contributed by atoms with Gasteiger partial charge in [-0.25, -0.2) is 0 Å². The van der Waals surface area contributed by atoms with Crippen LogP contribution in [0.3, 0.4) is 0 Å². The predicted octanol–water partition coefficient (Wildman–Crippen LogP) is 5.65. The molecule has 0 unspecified atom stereocenters. The molecular formula is C14H39N. The first-order valence-corrected chi connectivity index (χ1v) is 6.52. The smallest absolute Gasteiger partial charge is 0.0195 e. The molecule has 0 aromatic rings. The van der Waals surface area contributed by atoms with Gasteiger partial charge in [-0.15, -0.1) is 6.58 Å². The molecule has 0 saturated carbocycles. The van der Waals surface area contributed by atoms with Gasteiger partial charge in [0.15, 0.2) is 0 Å². The zero-order valence-corrected chi connectivity index (χ0v) is 13.3. The van der Waals surface area contributed by atoms with Crippen LogP contribution in [0.4, 0.5) is 0 Å². The molecule has 0 rings (SSSR count). The van der Waals surface area contributed by atoms with Gasteiger partial charge in [-0.3, -0.25) is 0 Å². The average molecular weight is 221 g/mol. The van der Waals surface area contributed by atoms with Crippen molar-refractivity contribution < 1.29 is 0 Å². The van der Waals surface area contributed by atoms with Gasteiger partial charge in [-0.05, 0) is 13.5 Å². The van der Waals surface area contributed by atoms with Crippen molar-refractivity contribution in [2.45, 2.75) is 75.2 Å². The molecule has 0 spiro atoms. The molecule has 0 aromatic carbocycles. The van der Waals surface area contributed by atoms with Crippen molar-refractivity contribution in [3.8, 4) is 0 Å². The zero-order valence-electron chi connectivity index (χ0n) is 13.3. The molecule has 15 heavy (non-hydrogen) atoms. The van der Waals surface area contributed by atoms with Crippen LogP contribution in [0.1, 0.15) is 75.2 Å². The molecule has 0 aromatic heterocycles. The highest BCUT2D eigenvalue weighted by Crippen LogP contribution is 1.66. The molecule has 0 heterocycles. The quantitative estimate of drug-likeness (QED) is 0.569. The van der Waals surface area contributed by atoms with E-state index in [1.807, 2.05) is 47.6 Å². The third kappa shape index (κ3) is 3830. The molecule has 0 saturated heterocycles. The van der Waals surface area contributed by atoms with E-state index < -0.39 is 0 Å².